The number of rotatable bonds is 6. The molecule has 1 atom stereocenters. The third-order valence-electron chi connectivity index (χ3n) is 4.16. The number of carboxylic acids is 1. The Labute approximate surface area is 135 Å². The standard InChI is InChI=1S/C17H23FN2O3/c18-13-8-6-12(7-9-13)15(10-11-16(21)22)20-17(23)19-14-4-2-1-3-5-14/h6-9,14-15H,1-5,10-11H2,(H,21,22)(H2,19,20,23). The molecule has 1 fully saturated rings. The maximum Gasteiger partial charge on any atom is 0.315 e. The van der Waals surface area contributed by atoms with Gasteiger partial charge in [0.1, 0.15) is 5.82 Å². The minimum absolute atomic E-state index is 0.0637. The Kier molecular flexibility index (Phi) is 6.38. The summed E-state index contributed by atoms with van der Waals surface area (Å²) < 4.78 is 13.0. The third-order valence-corrected chi connectivity index (χ3v) is 4.16. The van der Waals surface area contributed by atoms with Crippen LogP contribution in [-0.2, 0) is 4.79 Å². The minimum Gasteiger partial charge on any atom is -0.481 e. The van der Waals surface area contributed by atoms with Gasteiger partial charge in [0.25, 0.3) is 0 Å². The van der Waals surface area contributed by atoms with Crippen molar-refractivity contribution in [1.29, 1.82) is 0 Å². The van der Waals surface area contributed by atoms with E-state index in [9.17, 15) is 14.0 Å². The minimum atomic E-state index is -0.924. The summed E-state index contributed by atoms with van der Waals surface area (Å²) in [6.45, 7) is 0. The summed E-state index contributed by atoms with van der Waals surface area (Å²) in [5.41, 5.74) is 0.700. The van der Waals surface area contributed by atoms with Crippen molar-refractivity contribution in [3.8, 4) is 0 Å². The van der Waals surface area contributed by atoms with Gasteiger partial charge in [-0.3, -0.25) is 4.79 Å². The van der Waals surface area contributed by atoms with E-state index in [0.29, 0.717) is 5.56 Å². The quantitative estimate of drug-likeness (QED) is 0.751. The summed E-state index contributed by atoms with van der Waals surface area (Å²) in [4.78, 5) is 23.0. The molecule has 1 aromatic carbocycles. The second-order valence-corrected chi connectivity index (χ2v) is 5.99. The van der Waals surface area contributed by atoms with Gasteiger partial charge >= 0.3 is 12.0 Å². The van der Waals surface area contributed by atoms with Crippen molar-refractivity contribution in [2.24, 2.45) is 0 Å². The van der Waals surface area contributed by atoms with E-state index in [-0.39, 0.29) is 30.7 Å². The Bertz CT molecular complexity index is 527. The van der Waals surface area contributed by atoms with Crippen LogP contribution in [-0.4, -0.2) is 23.1 Å². The highest BCUT2D eigenvalue weighted by Gasteiger charge is 2.19. The molecule has 3 N–H and O–H groups in total. The van der Waals surface area contributed by atoms with Gasteiger partial charge < -0.3 is 15.7 Å². The molecule has 5 nitrogen and oxygen atoms in total. The van der Waals surface area contributed by atoms with Crippen molar-refractivity contribution < 1.29 is 19.1 Å². The molecule has 0 aliphatic heterocycles. The zero-order valence-corrected chi connectivity index (χ0v) is 13.1. The molecule has 1 unspecified atom stereocenters. The van der Waals surface area contributed by atoms with Crippen molar-refractivity contribution in [1.82, 2.24) is 10.6 Å². The van der Waals surface area contributed by atoms with Crippen molar-refractivity contribution >= 4 is 12.0 Å². The maximum atomic E-state index is 13.0. The lowest BCUT2D eigenvalue weighted by atomic mass is 9.96. The molecule has 1 aliphatic rings. The summed E-state index contributed by atoms with van der Waals surface area (Å²) in [5.74, 6) is -1.29. The van der Waals surface area contributed by atoms with E-state index in [2.05, 4.69) is 10.6 Å². The van der Waals surface area contributed by atoms with Crippen LogP contribution in [0.1, 0.15) is 56.6 Å². The predicted molar refractivity (Wildman–Crippen MR) is 84.6 cm³/mol. The molecule has 0 radical (unpaired) electrons. The highest BCUT2D eigenvalue weighted by Crippen LogP contribution is 2.20. The first kappa shape index (κ1) is 17.2. The first-order valence-electron chi connectivity index (χ1n) is 8.09. The first-order valence-corrected chi connectivity index (χ1v) is 8.09. The molecule has 0 aromatic heterocycles. The number of carbonyl (C=O) groups is 2. The first-order chi connectivity index (χ1) is 11.0. The molecule has 0 saturated heterocycles. The van der Waals surface area contributed by atoms with Crippen molar-refractivity contribution in [3.05, 3.63) is 35.6 Å². The lowest BCUT2D eigenvalue weighted by Gasteiger charge is -2.25. The summed E-state index contributed by atoms with van der Waals surface area (Å²) >= 11 is 0. The normalized spacial score (nSPS) is 16.6. The Morgan fingerprint density at radius 3 is 2.43 bits per heavy atom. The second-order valence-electron chi connectivity index (χ2n) is 5.99. The Morgan fingerprint density at radius 1 is 1.17 bits per heavy atom. The monoisotopic (exact) mass is 322 g/mol. The van der Waals surface area contributed by atoms with Crippen LogP contribution < -0.4 is 10.6 Å². The van der Waals surface area contributed by atoms with E-state index in [1.807, 2.05) is 0 Å². The van der Waals surface area contributed by atoms with Crippen LogP contribution in [0.15, 0.2) is 24.3 Å². The van der Waals surface area contributed by atoms with Crippen LogP contribution in [0.25, 0.3) is 0 Å². The van der Waals surface area contributed by atoms with Crippen molar-refractivity contribution in [2.45, 2.75) is 57.0 Å². The Balaban J connectivity index is 1.96. The van der Waals surface area contributed by atoms with Gasteiger partial charge in [0.2, 0.25) is 0 Å². The highest BCUT2D eigenvalue weighted by atomic mass is 19.1. The molecule has 2 amide bonds. The van der Waals surface area contributed by atoms with Crippen LogP contribution >= 0.6 is 0 Å². The number of urea groups is 1. The highest BCUT2D eigenvalue weighted by molar-refractivity contribution is 5.75. The molecule has 1 aliphatic carbocycles. The summed E-state index contributed by atoms with van der Waals surface area (Å²) in [6, 6.07) is 5.20. The topological polar surface area (TPSA) is 78.4 Å². The van der Waals surface area contributed by atoms with Crippen LogP contribution in [0.4, 0.5) is 9.18 Å². The zero-order chi connectivity index (χ0) is 16.7. The van der Waals surface area contributed by atoms with E-state index >= 15 is 0 Å². The number of halogens is 1. The van der Waals surface area contributed by atoms with E-state index in [1.54, 1.807) is 12.1 Å². The molecule has 0 spiro atoms. The van der Waals surface area contributed by atoms with Gasteiger partial charge in [-0.15, -0.1) is 0 Å². The molecule has 1 aromatic rings. The molecule has 23 heavy (non-hydrogen) atoms. The number of carbonyl (C=O) groups excluding carboxylic acids is 1. The molecule has 0 heterocycles. The van der Waals surface area contributed by atoms with Crippen molar-refractivity contribution in [3.63, 3.8) is 0 Å². The third kappa shape index (κ3) is 5.88. The van der Waals surface area contributed by atoms with Gasteiger partial charge in [0, 0.05) is 12.5 Å². The van der Waals surface area contributed by atoms with E-state index in [4.69, 9.17) is 5.11 Å². The van der Waals surface area contributed by atoms with E-state index < -0.39 is 12.0 Å². The SMILES string of the molecule is O=C(O)CCC(NC(=O)NC1CCCCC1)c1ccc(F)cc1. The number of amides is 2. The lowest BCUT2D eigenvalue weighted by Crippen LogP contribution is -2.44. The summed E-state index contributed by atoms with van der Waals surface area (Å²) in [6.07, 6.45) is 5.59. The van der Waals surface area contributed by atoms with Gasteiger partial charge in [-0.05, 0) is 37.0 Å². The van der Waals surface area contributed by atoms with Crippen molar-refractivity contribution in [2.75, 3.05) is 0 Å². The Morgan fingerprint density at radius 2 is 1.83 bits per heavy atom. The zero-order valence-electron chi connectivity index (χ0n) is 13.1. The fourth-order valence-electron chi connectivity index (χ4n) is 2.92. The summed E-state index contributed by atoms with van der Waals surface area (Å²) in [5, 5.41) is 14.6. The molecule has 1 saturated carbocycles. The number of hydrogen-bond donors (Lipinski definition) is 3. The molecule has 126 valence electrons. The molecular weight excluding hydrogens is 299 g/mol. The number of aliphatic carboxylic acids is 1. The van der Waals surface area contributed by atoms with Gasteiger partial charge in [-0.25, -0.2) is 9.18 Å². The molecular formula is C17H23FN2O3. The fourth-order valence-corrected chi connectivity index (χ4v) is 2.92. The van der Waals surface area contributed by atoms with E-state index in [1.165, 1.54) is 18.6 Å². The van der Waals surface area contributed by atoms with Crippen LogP contribution in [0.5, 0.6) is 0 Å². The molecule has 0 bridgehead atoms. The largest absolute Gasteiger partial charge is 0.481 e. The smallest absolute Gasteiger partial charge is 0.315 e. The van der Waals surface area contributed by atoms with Crippen LogP contribution in [0, 0.1) is 5.82 Å². The van der Waals surface area contributed by atoms with Crippen LogP contribution in [0.2, 0.25) is 0 Å². The Hall–Kier alpha value is -2.11. The fraction of sp³-hybridized carbons (Fsp3) is 0.529. The van der Waals surface area contributed by atoms with E-state index in [0.717, 1.165) is 25.7 Å². The predicted octanol–water partition coefficient (Wildman–Crippen LogP) is 3.36. The number of carboxylic acid groups (broad SMARTS) is 1. The maximum absolute atomic E-state index is 13.0. The van der Waals surface area contributed by atoms with Gasteiger partial charge in [0.05, 0.1) is 6.04 Å². The van der Waals surface area contributed by atoms with Gasteiger partial charge in [-0.1, -0.05) is 31.4 Å². The number of nitrogens with one attached hydrogen (secondary N) is 2. The second kappa shape index (κ2) is 8.50. The van der Waals surface area contributed by atoms with Crippen LogP contribution in [0.3, 0.4) is 0 Å². The number of benzene rings is 1. The molecule has 2 rings (SSSR count). The average molecular weight is 322 g/mol. The van der Waals surface area contributed by atoms with Gasteiger partial charge in [0.15, 0.2) is 0 Å². The average Bonchev–Trinajstić information content (AvgIpc) is 2.53. The lowest BCUT2D eigenvalue weighted by molar-refractivity contribution is -0.137. The summed E-state index contributed by atoms with van der Waals surface area (Å²) in [7, 11) is 0. The molecule has 6 heteroatoms. The van der Waals surface area contributed by atoms with Gasteiger partial charge in [-0.2, -0.15) is 0 Å². The number of hydrogen-bond acceptors (Lipinski definition) is 2.